The lowest BCUT2D eigenvalue weighted by Crippen LogP contribution is -2.07. The maximum absolute atomic E-state index is 13.6. The highest BCUT2D eigenvalue weighted by Crippen LogP contribution is 2.31. The third-order valence-electron chi connectivity index (χ3n) is 5.98. The molecule has 4 aromatic rings. The maximum Gasteiger partial charge on any atom is 0.191 e. The summed E-state index contributed by atoms with van der Waals surface area (Å²) in [5.41, 5.74) is 6.24. The molecule has 2 aromatic heterocycles. The molecule has 2 heterocycles. The molecule has 7 heteroatoms. The van der Waals surface area contributed by atoms with E-state index in [0.29, 0.717) is 5.75 Å². The number of aromatic nitrogens is 5. The average Bonchev–Trinajstić information content (AvgIpc) is 3.57. The second kappa shape index (κ2) is 10.2. The second-order valence-electron chi connectivity index (χ2n) is 8.24. The number of hydrogen-bond acceptors (Lipinski definition) is 4. The molecular formula is C26H26FN5S. The van der Waals surface area contributed by atoms with E-state index in [-0.39, 0.29) is 5.82 Å². The molecule has 0 saturated carbocycles. The van der Waals surface area contributed by atoms with Crippen molar-refractivity contribution in [3.63, 3.8) is 0 Å². The Bertz CT molecular complexity index is 1250. The third kappa shape index (κ3) is 5.25. The van der Waals surface area contributed by atoms with E-state index in [1.807, 2.05) is 12.3 Å². The van der Waals surface area contributed by atoms with Crippen LogP contribution < -0.4 is 0 Å². The van der Waals surface area contributed by atoms with E-state index in [1.165, 1.54) is 22.8 Å². The monoisotopic (exact) mass is 459 g/mol. The van der Waals surface area contributed by atoms with E-state index >= 15 is 0 Å². The number of rotatable bonds is 10. The van der Waals surface area contributed by atoms with Gasteiger partial charge in [-0.25, -0.2) is 9.37 Å². The molecule has 0 spiro atoms. The molecule has 0 fully saturated rings. The van der Waals surface area contributed by atoms with Gasteiger partial charge in [-0.15, -0.1) is 10.2 Å². The fourth-order valence-electron chi connectivity index (χ4n) is 4.30. The van der Waals surface area contributed by atoms with Crippen LogP contribution in [0.1, 0.15) is 41.1 Å². The van der Waals surface area contributed by atoms with Crippen molar-refractivity contribution < 1.29 is 4.39 Å². The van der Waals surface area contributed by atoms with E-state index in [9.17, 15) is 4.39 Å². The fraction of sp³-hybridized carbons (Fsp3) is 0.269. The number of H-pyrrole nitrogens is 1. The summed E-state index contributed by atoms with van der Waals surface area (Å²) >= 11 is 1.61. The minimum Gasteiger partial charge on any atom is -0.348 e. The SMILES string of the molecule is Fc1cccc(CSc2nnc(CCC3=CCc4ccccc43)n2CCCc2cnc[nH]2)c1. The van der Waals surface area contributed by atoms with Crippen molar-refractivity contribution >= 4 is 17.3 Å². The van der Waals surface area contributed by atoms with Crippen LogP contribution >= 0.6 is 11.8 Å². The van der Waals surface area contributed by atoms with Crippen LogP contribution in [0.5, 0.6) is 0 Å². The van der Waals surface area contributed by atoms with Crippen LogP contribution in [-0.2, 0) is 31.6 Å². The molecule has 1 aliphatic rings. The van der Waals surface area contributed by atoms with Gasteiger partial charge in [-0.1, -0.05) is 54.2 Å². The number of hydrogen-bond donors (Lipinski definition) is 1. The molecule has 0 atom stereocenters. The van der Waals surface area contributed by atoms with Gasteiger partial charge in [0.05, 0.1) is 6.33 Å². The van der Waals surface area contributed by atoms with Crippen molar-refractivity contribution in [2.45, 2.75) is 49.6 Å². The molecule has 168 valence electrons. The standard InChI is InChI=1S/C26H26FN5S/c27-22-7-3-5-19(15-22)17-33-26-31-30-25(32(26)14-4-8-23-16-28-18-29-23)13-12-21-11-10-20-6-1-2-9-24(20)21/h1-3,5-7,9,11,15-16,18H,4,8,10,12-14,17H2,(H,28,29). The number of benzene rings is 2. The van der Waals surface area contributed by atoms with Gasteiger partial charge in [0.15, 0.2) is 5.16 Å². The Balaban J connectivity index is 1.29. The Morgan fingerprint density at radius 3 is 2.85 bits per heavy atom. The zero-order valence-electron chi connectivity index (χ0n) is 18.4. The van der Waals surface area contributed by atoms with Crippen LogP contribution in [-0.4, -0.2) is 24.7 Å². The molecule has 33 heavy (non-hydrogen) atoms. The fourth-order valence-corrected chi connectivity index (χ4v) is 5.22. The normalized spacial score (nSPS) is 12.7. The number of nitrogens with one attached hydrogen (secondary N) is 1. The Hall–Kier alpha value is -3.19. The van der Waals surface area contributed by atoms with Crippen molar-refractivity contribution in [1.82, 2.24) is 24.7 Å². The molecule has 2 aromatic carbocycles. The number of halogens is 1. The first-order chi connectivity index (χ1) is 16.3. The number of nitrogens with zero attached hydrogens (tertiary/aromatic N) is 4. The Kier molecular flexibility index (Phi) is 6.67. The zero-order chi connectivity index (χ0) is 22.5. The van der Waals surface area contributed by atoms with E-state index in [1.54, 1.807) is 30.2 Å². The summed E-state index contributed by atoms with van der Waals surface area (Å²) in [5.74, 6) is 1.46. The van der Waals surface area contributed by atoms with Gasteiger partial charge in [-0.3, -0.25) is 0 Å². The van der Waals surface area contributed by atoms with E-state index in [4.69, 9.17) is 0 Å². The molecule has 0 radical (unpaired) electrons. The predicted molar refractivity (Wildman–Crippen MR) is 129 cm³/mol. The highest BCUT2D eigenvalue weighted by molar-refractivity contribution is 7.98. The topological polar surface area (TPSA) is 59.4 Å². The minimum absolute atomic E-state index is 0.208. The number of thioether (sulfide) groups is 1. The van der Waals surface area contributed by atoms with Crippen LogP contribution in [0.4, 0.5) is 4.39 Å². The highest BCUT2D eigenvalue weighted by atomic mass is 32.2. The lowest BCUT2D eigenvalue weighted by Gasteiger charge is -2.11. The first-order valence-corrected chi connectivity index (χ1v) is 12.3. The van der Waals surface area contributed by atoms with Crippen LogP contribution in [0.3, 0.4) is 0 Å². The molecule has 5 rings (SSSR count). The number of aryl methyl sites for hydroxylation is 2. The van der Waals surface area contributed by atoms with E-state index in [2.05, 4.69) is 55.1 Å². The second-order valence-corrected chi connectivity index (χ2v) is 9.18. The number of fused-ring (bicyclic) bond motifs is 1. The largest absolute Gasteiger partial charge is 0.348 e. The highest BCUT2D eigenvalue weighted by Gasteiger charge is 2.17. The molecule has 0 amide bonds. The molecule has 0 aliphatic heterocycles. The lowest BCUT2D eigenvalue weighted by molar-refractivity contribution is 0.567. The lowest BCUT2D eigenvalue weighted by atomic mass is 10.0. The van der Waals surface area contributed by atoms with Crippen LogP contribution in [0.2, 0.25) is 0 Å². The van der Waals surface area contributed by atoms with Crippen molar-refractivity contribution in [3.8, 4) is 0 Å². The van der Waals surface area contributed by atoms with Crippen molar-refractivity contribution in [2.75, 3.05) is 0 Å². The third-order valence-corrected chi connectivity index (χ3v) is 7.02. The van der Waals surface area contributed by atoms with Gasteiger partial charge in [-0.05, 0) is 60.1 Å². The van der Waals surface area contributed by atoms with Gasteiger partial charge < -0.3 is 9.55 Å². The summed E-state index contributed by atoms with van der Waals surface area (Å²) in [6, 6.07) is 15.4. The first-order valence-electron chi connectivity index (χ1n) is 11.3. The summed E-state index contributed by atoms with van der Waals surface area (Å²) in [7, 11) is 0. The van der Waals surface area contributed by atoms with Crippen LogP contribution in [0.25, 0.3) is 5.57 Å². The smallest absolute Gasteiger partial charge is 0.191 e. The van der Waals surface area contributed by atoms with Crippen LogP contribution in [0.15, 0.2) is 72.3 Å². The summed E-state index contributed by atoms with van der Waals surface area (Å²) in [6.45, 7) is 0.836. The van der Waals surface area contributed by atoms with Gasteiger partial charge >= 0.3 is 0 Å². The van der Waals surface area contributed by atoms with Crippen molar-refractivity contribution in [3.05, 3.63) is 101 Å². The molecule has 0 saturated heterocycles. The summed E-state index contributed by atoms with van der Waals surface area (Å²) in [6.07, 6.45) is 10.6. The van der Waals surface area contributed by atoms with Crippen LogP contribution in [0, 0.1) is 5.82 Å². The van der Waals surface area contributed by atoms with Gasteiger partial charge in [0, 0.05) is 30.6 Å². The molecule has 1 aliphatic carbocycles. The maximum atomic E-state index is 13.6. The van der Waals surface area contributed by atoms with Gasteiger partial charge in [0.25, 0.3) is 0 Å². The number of imidazole rings is 1. The molecule has 5 nitrogen and oxygen atoms in total. The molecule has 0 unspecified atom stereocenters. The van der Waals surface area contributed by atoms with E-state index in [0.717, 1.165) is 60.9 Å². The number of aromatic amines is 1. The van der Waals surface area contributed by atoms with Gasteiger partial charge in [0.2, 0.25) is 0 Å². The average molecular weight is 460 g/mol. The molecule has 0 bridgehead atoms. The summed E-state index contributed by atoms with van der Waals surface area (Å²) in [4.78, 5) is 7.28. The van der Waals surface area contributed by atoms with Crippen molar-refractivity contribution in [2.24, 2.45) is 0 Å². The Morgan fingerprint density at radius 1 is 1.03 bits per heavy atom. The number of allylic oxidation sites excluding steroid dienone is 2. The molecular weight excluding hydrogens is 433 g/mol. The summed E-state index contributed by atoms with van der Waals surface area (Å²) in [5, 5.41) is 9.94. The first kappa shape index (κ1) is 21.6. The Morgan fingerprint density at radius 2 is 1.97 bits per heavy atom. The zero-order valence-corrected chi connectivity index (χ0v) is 19.2. The minimum atomic E-state index is -0.208. The Labute approximate surface area is 197 Å². The van der Waals surface area contributed by atoms with E-state index < -0.39 is 0 Å². The molecule has 1 N–H and O–H groups in total. The van der Waals surface area contributed by atoms with Gasteiger partial charge in [0.1, 0.15) is 11.6 Å². The van der Waals surface area contributed by atoms with Crippen molar-refractivity contribution in [1.29, 1.82) is 0 Å². The van der Waals surface area contributed by atoms with Gasteiger partial charge in [-0.2, -0.15) is 0 Å². The summed E-state index contributed by atoms with van der Waals surface area (Å²) < 4.78 is 15.8. The predicted octanol–water partition coefficient (Wildman–Crippen LogP) is 5.64. The quantitative estimate of drug-likeness (QED) is 0.312.